The molecule has 8 nitrogen and oxygen atoms in total. The van der Waals surface area contributed by atoms with Crippen LogP contribution in [-0.4, -0.2) is 28.8 Å². The first-order chi connectivity index (χ1) is 22.2. The number of benzene rings is 1. The number of fused-ring (bicyclic) bond motifs is 2. The average Bonchev–Trinajstić information content (AvgIpc) is 3.65. The Bertz CT molecular complexity index is 2130. The van der Waals surface area contributed by atoms with E-state index in [-0.39, 0.29) is 12.2 Å². The Morgan fingerprint density at radius 3 is 2.67 bits per heavy atom. The van der Waals surface area contributed by atoms with Crippen LogP contribution in [0.1, 0.15) is 84.1 Å². The van der Waals surface area contributed by atoms with Gasteiger partial charge in [0, 0.05) is 16.3 Å². The van der Waals surface area contributed by atoms with E-state index in [1.807, 2.05) is 45.0 Å². The molecule has 0 amide bonds. The molecule has 4 heterocycles. The number of rotatable bonds is 8. The standard InChI is InChI=1S/C35H35BrN4O4S2/c1-6-10-26-30(34(42)44-7-2)31(21-13-14-27(43-5)25(36)16-21)40-32(41)29(46-35(40)38-26)17-22-15-19(3)39(20(22)4)33-24(18-37)23-11-8-9-12-28(23)45-33/h13-17,31H,6-12H2,1-5H3/b29-17+/t31-/m0/s1. The normalized spacial score (nSPS) is 16.1. The zero-order valence-electron chi connectivity index (χ0n) is 26.5. The van der Waals surface area contributed by atoms with Gasteiger partial charge in [0.15, 0.2) is 4.80 Å². The van der Waals surface area contributed by atoms with Crippen molar-refractivity contribution >= 4 is 50.6 Å². The molecule has 0 saturated carbocycles. The molecule has 0 bridgehead atoms. The largest absolute Gasteiger partial charge is 0.496 e. The smallest absolute Gasteiger partial charge is 0.338 e. The second-order valence-electron chi connectivity index (χ2n) is 11.5. The van der Waals surface area contributed by atoms with Crippen LogP contribution in [0.2, 0.25) is 0 Å². The molecule has 11 heteroatoms. The number of thiazole rings is 1. The number of hydrogen-bond acceptors (Lipinski definition) is 8. The molecule has 0 unspecified atom stereocenters. The number of hydrogen-bond donors (Lipinski definition) is 0. The van der Waals surface area contributed by atoms with Gasteiger partial charge in [0.2, 0.25) is 0 Å². The molecule has 6 rings (SSSR count). The molecule has 46 heavy (non-hydrogen) atoms. The summed E-state index contributed by atoms with van der Waals surface area (Å²) in [6.45, 7) is 8.09. The topological polar surface area (TPSA) is 98.6 Å². The van der Waals surface area contributed by atoms with Crippen molar-refractivity contribution in [2.24, 2.45) is 4.99 Å². The van der Waals surface area contributed by atoms with E-state index in [1.165, 1.54) is 21.8 Å². The maximum absolute atomic E-state index is 14.3. The minimum absolute atomic E-state index is 0.210. The average molecular weight is 720 g/mol. The predicted octanol–water partition coefficient (Wildman–Crippen LogP) is 6.57. The summed E-state index contributed by atoms with van der Waals surface area (Å²) in [5.41, 5.74) is 6.37. The second-order valence-corrected chi connectivity index (χ2v) is 14.4. The number of thiophene rings is 1. The quantitative estimate of drug-likeness (QED) is 0.192. The van der Waals surface area contributed by atoms with Crippen molar-refractivity contribution in [1.29, 1.82) is 5.26 Å². The van der Waals surface area contributed by atoms with Crippen molar-refractivity contribution in [2.45, 2.75) is 72.3 Å². The van der Waals surface area contributed by atoms with Crippen LogP contribution in [0.5, 0.6) is 5.75 Å². The molecule has 1 aliphatic heterocycles. The summed E-state index contributed by atoms with van der Waals surface area (Å²) >= 11 is 6.62. The fourth-order valence-corrected chi connectivity index (χ4v) is 9.52. The summed E-state index contributed by atoms with van der Waals surface area (Å²) in [7, 11) is 1.59. The fourth-order valence-electron chi connectivity index (χ4n) is 6.50. The maximum Gasteiger partial charge on any atom is 0.338 e. The lowest BCUT2D eigenvalue weighted by Gasteiger charge is -2.26. The van der Waals surface area contributed by atoms with Crippen LogP contribution in [0.25, 0.3) is 11.1 Å². The molecule has 0 radical (unpaired) electrons. The van der Waals surface area contributed by atoms with Gasteiger partial charge in [0.1, 0.15) is 16.8 Å². The fraction of sp³-hybridized carbons (Fsp3) is 0.371. The number of nitrogens with zero attached hydrogens (tertiary/aromatic N) is 4. The lowest BCUT2D eigenvalue weighted by Crippen LogP contribution is -2.40. The maximum atomic E-state index is 14.3. The number of esters is 1. The molecule has 1 aromatic carbocycles. The minimum atomic E-state index is -0.718. The third-order valence-corrected chi connectivity index (χ3v) is 11.5. The Kier molecular flexibility index (Phi) is 9.24. The highest BCUT2D eigenvalue weighted by Crippen LogP contribution is 2.39. The number of carbonyl (C=O) groups excluding carboxylic acids is 1. The van der Waals surface area contributed by atoms with Gasteiger partial charge in [-0.1, -0.05) is 30.7 Å². The number of allylic oxidation sites excluding steroid dienone is 1. The molecule has 2 aliphatic rings. The Balaban J connectivity index is 1.54. The minimum Gasteiger partial charge on any atom is -0.496 e. The highest BCUT2D eigenvalue weighted by molar-refractivity contribution is 9.10. The van der Waals surface area contributed by atoms with Gasteiger partial charge < -0.3 is 14.0 Å². The van der Waals surface area contributed by atoms with Gasteiger partial charge in [0.25, 0.3) is 5.56 Å². The van der Waals surface area contributed by atoms with Gasteiger partial charge in [-0.2, -0.15) is 5.26 Å². The van der Waals surface area contributed by atoms with Crippen LogP contribution < -0.4 is 19.6 Å². The van der Waals surface area contributed by atoms with Crippen molar-refractivity contribution in [2.75, 3.05) is 13.7 Å². The van der Waals surface area contributed by atoms with Gasteiger partial charge >= 0.3 is 5.97 Å². The van der Waals surface area contributed by atoms with E-state index >= 15 is 0 Å². The summed E-state index contributed by atoms with van der Waals surface area (Å²) in [5, 5.41) is 11.1. The SMILES string of the molecule is CCCC1=C(C(=O)OCC)[C@H](c2ccc(OC)c(Br)c2)n2c(s/c(=C/c3cc(C)n(-c4sc5c(c4C#N)CCCC5)c3C)c2=O)=N1. The van der Waals surface area contributed by atoms with Crippen LogP contribution in [0.15, 0.2) is 49.8 Å². The lowest BCUT2D eigenvalue weighted by molar-refractivity contribution is -0.139. The van der Waals surface area contributed by atoms with Crippen molar-refractivity contribution < 1.29 is 14.3 Å². The molecule has 0 fully saturated rings. The Labute approximate surface area is 284 Å². The van der Waals surface area contributed by atoms with Gasteiger partial charge in [-0.3, -0.25) is 9.36 Å². The van der Waals surface area contributed by atoms with E-state index in [0.717, 1.165) is 65.2 Å². The van der Waals surface area contributed by atoms with Crippen molar-refractivity contribution in [3.8, 4) is 16.8 Å². The molecule has 1 atom stereocenters. The summed E-state index contributed by atoms with van der Waals surface area (Å²) in [5.74, 6) is 0.171. The van der Waals surface area contributed by atoms with Crippen LogP contribution >= 0.6 is 38.6 Å². The zero-order valence-corrected chi connectivity index (χ0v) is 29.7. The molecule has 0 spiro atoms. The Hall–Kier alpha value is -3.72. The summed E-state index contributed by atoms with van der Waals surface area (Å²) in [6.07, 6.45) is 7.48. The number of nitriles is 1. The number of methoxy groups -OCH3 is 1. The summed E-state index contributed by atoms with van der Waals surface area (Å²) in [4.78, 5) is 34.6. The zero-order chi connectivity index (χ0) is 32.7. The first-order valence-corrected chi connectivity index (χ1v) is 17.9. The molecular weight excluding hydrogens is 684 g/mol. The van der Waals surface area contributed by atoms with E-state index in [0.29, 0.717) is 37.2 Å². The van der Waals surface area contributed by atoms with Crippen LogP contribution in [0.3, 0.4) is 0 Å². The number of halogens is 1. The van der Waals surface area contributed by atoms with E-state index in [2.05, 4.69) is 32.6 Å². The lowest BCUT2D eigenvalue weighted by atomic mass is 9.94. The molecule has 1 aliphatic carbocycles. The van der Waals surface area contributed by atoms with Crippen LogP contribution in [0.4, 0.5) is 0 Å². The van der Waals surface area contributed by atoms with Crippen LogP contribution in [0, 0.1) is 25.2 Å². The molecule has 238 valence electrons. The first-order valence-electron chi connectivity index (χ1n) is 15.5. The summed E-state index contributed by atoms with van der Waals surface area (Å²) < 4.78 is 16.0. The molecule has 3 aromatic heterocycles. The molecule has 0 N–H and O–H groups in total. The Morgan fingerprint density at radius 1 is 1.20 bits per heavy atom. The van der Waals surface area contributed by atoms with E-state index < -0.39 is 12.0 Å². The van der Waals surface area contributed by atoms with Gasteiger partial charge in [0.05, 0.1) is 45.6 Å². The highest BCUT2D eigenvalue weighted by Gasteiger charge is 2.35. The third kappa shape index (κ3) is 5.50. The number of aromatic nitrogens is 2. The van der Waals surface area contributed by atoms with Gasteiger partial charge in [-0.15, -0.1) is 11.3 Å². The van der Waals surface area contributed by atoms with E-state index in [9.17, 15) is 14.9 Å². The first kappa shape index (κ1) is 32.2. The predicted molar refractivity (Wildman–Crippen MR) is 185 cm³/mol. The van der Waals surface area contributed by atoms with Crippen LogP contribution in [-0.2, 0) is 22.4 Å². The van der Waals surface area contributed by atoms with E-state index in [4.69, 9.17) is 14.5 Å². The Morgan fingerprint density at radius 2 is 1.98 bits per heavy atom. The van der Waals surface area contributed by atoms with Gasteiger partial charge in [-0.05, 0) is 110 Å². The monoisotopic (exact) mass is 718 g/mol. The summed E-state index contributed by atoms with van der Waals surface area (Å²) in [6, 6.07) is 9.42. The molecule has 4 aromatic rings. The number of ether oxygens (including phenoxy) is 2. The van der Waals surface area contributed by atoms with Gasteiger partial charge in [-0.25, -0.2) is 9.79 Å². The third-order valence-electron chi connectivity index (χ3n) is 8.61. The van der Waals surface area contributed by atoms with Crippen molar-refractivity contribution in [3.05, 3.63) is 98.2 Å². The van der Waals surface area contributed by atoms with Crippen molar-refractivity contribution in [3.63, 3.8) is 0 Å². The van der Waals surface area contributed by atoms with E-state index in [1.54, 1.807) is 29.9 Å². The highest BCUT2D eigenvalue weighted by atomic mass is 79.9. The molecule has 0 saturated heterocycles. The second kappa shape index (κ2) is 13.2. The number of aryl methyl sites for hydroxylation is 2. The molecular formula is C35H35BrN4O4S2. The number of carbonyl (C=O) groups is 1. The van der Waals surface area contributed by atoms with Crippen molar-refractivity contribution in [1.82, 2.24) is 9.13 Å².